The summed E-state index contributed by atoms with van der Waals surface area (Å²) in [5.41, 5.74) is 1.27. The van der Waals surface area contributed by atoms with E-state index in [2.05, 4.69) is 14.8 Å². The molecule has 4 heterocycles. The van der Waals surface area contributed by atoms with Gasteiger partial charge in [0.2, 0.25) is 5.75 Å². The number of fused-ring (bicyclic) bond motifs is 5. The van der Waals surface area contributed by atoms with Crippen LogP contribution in [0.1, 0.15) is 36.7 Å². The Labute approximate surface area is 210 Å². The SMILES string of the molecule is C[C@@H]1CN2c3c(c(=O)n(C)c4ccc(C#N)nc34)OC[C@@H]2CN1[C@@H](C)c1ccc(Cl)c(C(F)(F)F)c1. The number of pyridine rings is 2. The third-order valence-electron chi connectivity index (χ3n) is 7.16. The average molecular weight is 518 g/mol. The number of alkyl halides is 3. The summed E-state index contributed by atoms with van der Waals surface area (Å²) in [7, 11) is 1.64. The fourth-order valence-corrected chi connectivity index (χ4v) is 5.46. The van der Waals surface area contributed by atoms with E-state index in [4.69, 9.17) is 16.3 Å². The molecule has 0 N–H and O–H groups in total. The number of hydrogen-bond acceptors (Lipinski definition) is 6. The first-order valence-electron chi connectivity index (χ1n) is 11.5. The summed E-state index contributed by atoms with van der Waals surface area (Å²) in [5.74, 6) is 0.199. The van der Waals surface area contributed by atoms with E-state index in [9.17, 15) is 23.2 Å². The first-order chi connectivity index (χ1) is 17.0. The van der Waals surface area contributed by atoms with Crippen molar-refractivity contribution < 1.29 is 17.9 Å². The van der Waals surface area contributed by atoms with Gasteiger partial charge in [-0.1, -0.05) is 17.7 Å². The van der Waals surface area contributed by atoms with Crippen molar-refractivity contribution in [1.82, 2.24) is 14.5 Å². The lowest BCUT2D eigenvalue weighted by molar-refractivity contribution is -0.137. The molecular formula is C25H23ClF3N5O2. The van der Waals surface area contributed by atoms with Crippen LogP contribution >= 0.6 is 11.6 Å². The lowest BCUT2D eigenvalue weighted by atomic mass is 9.97. The molecule has 1 saturated heterocycles. The number of hydrogen-bond donors (Lipinski definition) is 0. The summed E-state index contributed by atoms with van der Waals surface area (Å²) in [6, 6.07) is 8.80. The first-order valence-corrected chi connectivity index (χ1v) is 11.8. The number of halogens is 4. The van der Waals surface area contributed by atoms with Crippen LogP contribution in [-0.4, -0.2) is 46.2 Å². The number of aryl methyl sites for hydroxylation is 1. The standard InChI is InChI=1S/C25H23ClF3N5O2/c1-13-10-34-17(11-33(13)14(2)15-4-6-19(26)18(8-15)25(27,28)29)12-36-23-22(34)21-20(32(3)24(23)35)7-5-16(9-30)31-21/h4-8,13-14,17H,10-12H2,1-3H3/t13-,14+,17+/m1/s1. The Morgan fingerprint density at radius 3 is 2.69 bits per heavy atom. The van der Waals surface area contributed by atoms with Crippen molar-refractivity contribution in [2.24, 2.45) is 7.05 Å². The van der Waals surface area contributed by atoms with E-state index in [1.54, 1.807) is 25.2 Å². The van der Waals surface area contributed by atoms with Crippen molar-refractivity contribution in [2.45, 2.75) is 38.1 Å². The molecule has 2 aromatic heterocycles. The monoisotopic (exact) mass is 517 g/mol. The largest absolute Gasteiger partial charge is 0.484 e. The summed E-state index contributed by atoms with van der Waals surface area (Å²) in [5, 5.41) is 9.05. The zero-order valence-electron chi connectivity index (χ0n) is 19.8. The maximum absolute atomic E-state index is 13.4. The van der Waals surface area contributed by atoms with Crippen LogP contribution in [0, 0.1) is 11.3 Å². The van der Waals surface area contributed by atoms with E-state index in [0.717, 1.165) is 6.07 Å². The van der Waals surface area contributed by atoms with Gasteiger partial charge in [-0.25, -0.2) is 4.98 Å². The van der Waals surface area contributed by atoms with Crippen LogP contribution in [0.3, 0.4) is 0 Å². The fraction of sp³-hybridized carbons (Fsp3) is 0.400. The summed E-state index contributed by atoms with van der Waals surface area (Å²) in [6.45, 7) is 5.13. The zero-order valence-corrected chi connectivity index (χ0v) is 20.6. The van der Waals surface area contributed by atoms with E-state index in [0.29, 0.717) is 35.4 Å². The summed E-state index contributed by atoms with van der Waals surface area (Å²) < 4.78 is 47.7. The second-order valence-electron chi connectivity index (χ2n) is 9.29. The van der Waals surface area contributed by atoms with Crippen molar-refractivity contribution in [3.05, 3.63) is 62.5 Å². The van der Waals surface area contributed by atoms with Crippen LogP contribution in [0.25, 0.3) is 11.0 Å². The van der Waals surface area contributed by atoms with Crippen LogP contribution in [0.15, 0.2) is 35.1 Å². The predicted octanol–water partition coefficient (Wildman–Crippen LogP) is 4.51. The molecule has 1 aromatic carbocycles. The Kier molecular flexibility index (Phi) is 5.88. The third-order valence-corrected chi connectivity index (χ3v) is 7.49. The number of rotatable bonds is 2. The van der Waals surface area contributed by atoms with E-state index in [1.165, 1.54) is 10.6 Å². The van der Waals surface area contributed by atoms with Gasteiger partial charge in [0.15, 0.2) is 0 Å². The molecule has 3 aromatic rings. The van der Waals surface area contributed by atoms with Crippen LogP contribution in [0.4, 0.5) is 18.9 Å². The molecule has 0 saturated carbocycles. The Morgan fingerprint density at radius 1 is 1.25 bits per heavy atom. The molecular weight excluding hydrogens is 495 g/mol. The highest BCUT2D eigenvalue weighted by atomic mass is 35.5. The molecule has 0 aliphatic carbocycles. The van der Waals surface area contributed by atoms with Crippen LogP contribution in [0.2, 0.25) is 5.02 Å². The lowest BCUT2D eigenvalue weighted by Crippen LogP contribution is -2.61. The van der Waals surface area contributed by atoms with Crippen LogP contribution < -0.4 is 15.2 Å². The van der Waals surface area contributed by atoms with Gasteiger partial charge in [-0.05, 0) is 43.7 Å². The molecule has 1 fully saturated rings. The maximum Gasteiger partial charge on any atom is 0.417 e. The summed E-state index contributed by atoms with van der Waals surface area (Å²) >= 11 is 5.82. The Hall–Kier alpha value is -3.29. The number of nitrogens with zero attached hydrogens (tertiary/aromatic N) is 5. The molecule has 2 aliphatic heterocycles. The second kappa shape index (κ2) is 8.68. The van der Waals surface area contributed by atoms with Gasteiger partial charge in [-0.2, -0.15) is 18.4 Å². The van der Waals surface area contributed by atoms with Crippen LogP contribution in [0.5, 0.6) is 5.75 Å². The van der Waals surface area contributed by atoms with Crippen molar-refractivity contribution in [3.8, 4) is 11.8 Å². The lowest BCUT2D eigenvalue weighted by Gasteiger charge is -2.50. The van der Waals surface area contributed by atoms with E-state index in [-0.39, 0.29) is 46.8 Å². The molecule has 7 nitrogen and oxygen atoms in total. The van der Waals surface area contributed by atoms with Gasteiger partial charge in [-0.15, -0.1) is 0 Å². The number of ether oxygens (including phenoxy) is 1. The predicted molar refractivity (Wildman–Crippen MR) is 129 cm³/mol. The molecule has 36 heavy (non-hydrogen) atoms. The highest BCUT2D eigenvalue weighted by Gasteiger charge is 2.41. The maximum atomic E-state index is 13.4. The minimum Gasteiger partial charge on any atom is -0.484 e. The average Bonchev–Trinajstić information content (AvgIpc) is 2.85. The first kappa shape index (κ1) is 24.4. The molecule has 3 atom stereocenters. The number of aromatic nitrogens is 2. The van der Waals surface area contributed by atoms with Gasteiger partial charge in [0.05, 0.1) is 22.1 Å². The summed E-state index contributed by atoms with van der Waals surface area (Å²) in [4.78, 5) is 21.8. The van der Waals surface area contributed by atoms with Crippen molar-refractivity contribution in [2.75, 3.05) is 24.6 Å². The topological polar surface area (TPSA) is 74.4 Å². The highest BCUT2D eigenvalue weighted by molar-refractivity contribution is 6.31. The minimum absolute atomic E-state index is 0.0644. The smallest absolute Gasteiger partial charge is 0.417 e. The fourth-order valence-electron chi connectivity index (χ4n) is 5.23. The molecule has 0 radical (unpaired) electrons. The molecule has 0 unspecified atom stereocenters. The number of benzene rings is 1. The minimum atomic E-state index is -4.54. The second-order valence-corrected chi connectivity index (χ2v) is 9.70. The van der Waals surface area contributed by atoms with Gasteiger partial charge in [-0.3, -0.25) is 9.69 Å². The van der Waals surface area contributed by atoms with Crippen molar-refractivity contribution in [1.29, 1.82) is 5.26 Å². The molecule has 0 spiro atoms. The van der Waals surface area contributed by atoms with Crippen molar-refractivity contribution >= 4 is 28.3 Å². The molecule has 0 amide bonds. The number of piperazine rings is 1. The van der Waals surface area contributed by atoms with E-state index < -0.39 is 11.7 Å². The highest BCUT2D eigenvalue weighted by Crippen LogP contribution is 2.41. The number of nitriles is 1. The Morgan fingerprint density at radius 2 is 2.00 bits per heavy atom. The van der Waals surface area contributed by atoms with Gasteiger partial charge >= 0.3 is 6.18 Å². The number of anilines is 1. The normalized spacial score (nSPS) is 20.9. The van der Waals surface area contributed by atoms with Gasteiger partial charge in [0.25, 0.3) is 5.56 Å². The van der Waals surface area contributed by atoms with Crippen molar-refractivity contribution in [3.63, 3.8) is 0 Å². The van der Waals surface area contributed by atoms with Gasteiger partial charge in [0.1, 0.15) is 29.6 Å². The Balaban J connectivity index is 1.52. The molecule has 2 aliphatic rings. The third kappa shape index (κ3) is 3.87. The zero-order chi connectivity index (χ0) is 25.9. The summed E-state index contributed by atoms with van der Waals surface area (Å²) in [6.07, 6.45) is -4.54. The van der Waals surface area contributed by atoms with Gasteiger partial charge in [0, 0.05) is 32.2 Å². The molecule has 5 rings (SSSR count). The molecule has 0 bridgehead atoms. The molecule has 188 valence electrons. The van der Waals surface area contributed by atoms with E-state index >= 15 is 0 Å². The molecule has 11 heteroatoms. The van der Waals surface area contributed by atoms with Crippen LogP contribution in [-0.2, 0) is 13.2 Å². The van der Waals surface area contributed by atoms with Gasteiger partial charge < -0.3 is 14.2 Å². The quantitative estimate of drug-likeness (QED) is 0.498. The van der Waals surface area contributed by atoms with E-state index in [1.807, 2.05) is 19.9 Å². The Bertz CT molecular complexity index is 1470.